The minimum absolute atomic E-state index is 0.399. The van der Waals surface area contributed by atoms with Crippen molar-refractivity contribution in [2.45, 2.75) is 18.6 Å². The fraction of sp³-hybridized carbons (Fsp3) is 0.667. The van der Waals surface area contributed by atoms with E-state index in [4.69, 9.17) is 5.73 Å². The van der Waals surface area contributed by atoms with Crippen LogP contribution in [0.25, 0.3) is 0 Å². The van der Waals surface area contributed by atoms with E-state index in [1.165, 1.54) is 0 Å². The topological polar surface area (TPSA) is 76.1 Å². The highest BCUT2D eigenvalue weighted by atomic mass is 16.3. The Morgan fingerprint density at radius 1 is 1.71 bits per heavy atom. The summed E-state index contributed by atoms with van der Waals surface area (Å²) >= 11 is 0. The lowest BCUT2D eigenvalue weighted by molar-refractivity contribution is -0.0342. The molecule has 1 unspecified atom stereocenters. The number of aromatic nitrogens is 2. The van der Waals surface area contributed by atoms with Gasteiger partial charge in [-0.2, -0.15) is 0 Å². The Morgan fingerprint density at radius 2 is 2.36 bits per heavy atom. The van der Waals surface area contributed by atoms with Crippen LogP contribution in [0.5, 0.6) is 0 Å². The first kappa shape index (κ1) is 9.64. The number of hydrogen-bond donors (Lipinski definition) is 3. The molecule has 1 aliphatic rings. The first-order chi connectivity index (χ1) is 6.53. The van der Waals surface area contributed by atoms with Gasteiger partial charge in [0.05, 0.1) is 11.7 Å². The number of aryl methyl sites for hydroxylation is 2. The first-order valence-corrected chi connectivity index (χ1v) is 4.71. The monoisotopic (exact) mass is 196 g/mol. The summed E-state index contributed by atoms with van der Waals surface area (Å²) in [4.78, 5) is 4.31. The van der Waals surface area contributed by atoms with Crippen LogP contribution in [-0.4, -0.2) is 33.3 Å². The van der Waals surface area contributed by atoms with E-state index in [0.29, 0.717) is 13.1 Å². The van der Waals surface area contributed by atoms with Crippen LogP contribution in [-0.2, 0) is 7.05 Å². The number of β-amino-alcohol motifs (C(OH)–C–C–N with tert-alkyl or cyclic N) is 1. The van der Waals surface area contributed by atoms with Gasteiger partial charge in [-0.15, -0.1) is 0 Å². The van der Waals surface area contributed by atoms with Crippen molar-refractivity contribution in [3.05, 3.63) is 17.7 Å². The SMILES string of the molecule is Cc1nc(C(N)C2(O)CNC2)cn1C. The molecule has 0 radical (unpaired) electrons. The van der Waals surface area contributed by atoms with Gasteiger partial charge in [0.15, 0.2) is 0 Å². The molecule has 2 heterocycles. The molecular weight excluding hydrogens is 180 g/mol. The Hall–Kier alpha value is -0.910. The molecule has 78 valence electrons. The van der Waals surface area contributed by atoms with Crippen molar-refractivity contribution in [3.63, 3.8) is 0 Å². The molecule has 0 aromatic carbocycles. The molecule has 1 saturated heterocycles. The molecule has 0 saturated carbocycles. The maximum absolute atomic E-state index is 10.00. The van der Waals surface area contributed by atoms with Gasteiger partial charge in [0, 0.05) is 26.3 Å². The average molecular weight is 196 g/mol. The second-order valence-corrected chi connectivity index (χ2v) is 4.01. The molecule has 1 fully saturated rings. The molecule has 1 atom stereocenters. The predicted octanol–water partition coefficient (Wildman–Crippen LogP) is -0.937. The van der Waals surface area contributed by atoms with Gasteiger partial charge in [0.1, 0.15) is 11.4 Å². The quantitative estimate of drug-likeness (QED) is 0.571. The van der Waals surface area contributed by atoms with Crippen LogP contribution < -0.4 is 11.1 Å². The van der Waals surface area contributed by atoms with Gasteiger partial charge < -0.3 is 20.7 Å². The highest BCUT2D eigenvalue weighted by Crippen LogP contribution is 2.26. The van der Waals surface area contributed by atoms with E-state index in [2.05, 4.69) is 10.3 Å². The normalized spacial score (nSPS) is 21.7. The van der Waals surface area contributed by atoms with E-state index in [0.717, 1.165) is 11.5 Å². The third kappa shape index (κ3) is 1.33. The molecular formula is C9H16N4O. The van der Waals surface area contributed by atoms with Crippen molar-refractivity contribution in [1.82, 2.24) is 14.9 Å². The van der Waals surface area contributed by atoms with E-state index in [-0.39, 0.29) is 0 Å². The fourth-order valence-corrected chi connectivity index (χ4v) is 1.61. The minimum Gasteiger partial charge on any atom is -0.385 e. The minimum atomic E-state index is -0.819. The van der Waals surface area contributed by atoms with Crippen LogP contribution >= 0.6 is 0 Å². The summed E-state index contributed by atoms with van der Waals surface area (Å²) < 4.78 is 1.91. The summed E-state index contributed by atoms with van der Waals surface area (Å²) in [6, 6.07) is -0.399. The standard InChI is InChI=1S/C9H16N4O/c1-6-12-7(3-13(6)2)8(10)9(14)4-11-5-9/h3,8,11,14H,4-5,10H2,1-2H3. The largest absolute Gasteiger partial charge is 0.385 e. The van der Waals surface area contributed by atoms with Gasteiger partial charge >= 0.3 is 0 Å². The number of imidazole rings is 1. The molecule has 2 rings (SSSR count). The number of nitrogens with two attached hydrogens (primary N) is 1. The molecule has 0 bridgehead atoms. The summed E-state index contributed by atoms with van der Waals surface area (Å²) in [5.41, 5.74) is 5.89. The van der Waals surface area contributed by atoms with Gasteiger partial charge in [-0.1, -0.05) is 0 Å². The van der Waals surface area contributed by atoms with E-state index in [9.17, 15) is 5.11 Å². The van der Waals surface area contributed by atoms with Crippen LogP contribution in [0, 0.1) is 6.92 Å². The lowest BCUT2D eigenvalue weighted by Gasteiger charge is -2.41. The van der Waals surface area contributed by atoms with Crippen molar-refractivity contribution in [2.24, 2.45) is 12.8 Å². The second-order valence-electron chi connectivity index (χ2n) is 4.01. The van der Waals surface area contributed by atoms with E-state index in [1.54, 1.807) is 0 Å². The van der Waals surface area contributed by atoms with Gasteiger partial charge in [-0.05, 0) is 6.92 Å². The summed E-state index contributed by atoms with van der Waals surface area (Å²) in [5.74, 6) is 0.909. The number of rotatable bonds is 2. The third-order valence-electron chi connectivity index (χ3n) is 2.89. The van der Waals surface area contributed by atoms with Crippen molar-refractivity contribution in [1.29, 1.82) is 0 Å². The molecule has 0 spiro atoms. The Labute approximate surface area is 82.9 Å². The molecule has 14 heavy (non-hydrogen) atoms. The van der Waals surface area contributed by atoms with Crippen LogP contribution in [0.3, 0.4) is 0 Å². The summed E-state index contributed by atoms with van der Waals surface area (Å²) in [6.07, 6.45) is 1.87. The van der Waals surface area contributed by atoms with Crippen molar-refractivity contribution in [3.8, 4) is 0 Å². The highest BCUT2D eigenvalue weighted by Gasteiger charge is 2.42. The zero-order valence-electron chi connectivity index (χ0n) is 8.49. The van der Waals surface area contributed by atoms with Gasteiger partial charge in [0.2, 0.25) is 0 Å². The van der Waals surface area contributed by atoms with Crippen LogP contribution in [0.15, 0.2) is 6.20 Å². The Bertz CT molecular complexity index is 323. The molecule has 5 heteroatoms. The van der Waals surface area contributed by atoms with E-state index < -0.39 is 11.6 Å². The zero-order valence-corrected chi connectivity index (χ0v) is 8.49. The first-order valence-electron chi connectivity index (χ1n) is 4.71. The Morgan fingerprint density at radius 3 is 2.71 bits per heavy atom. The number of nitrogens with zero attached hydrogens (tertiary/aromatic N) is 2. The predicted molar refractivity (Wildman–Crippen MR) is 52.7 cm³/mol. The fourth-order valence-electron chi connectivity index (χ4n) is 1.61. The molecule has 0 aliphatic carbocycles. The van der Waals surface area contributed by atoms with Crippen LogP contribution in [0.2, 0.25) is 0 Å². The Balaban J connectivity index is 2.22. The second kappa shape index (κ2) is 3.05. The molecule has 1 aromatic heterocycles. The van der Waals surface area contributed by atoms with Crippen molar-refractivity contribution >= 4 is 0 Å². The van der Waals surface area contributed by atoms with Crippen molar-refractivity contribution < 1.29 is 5.11 Å². The molecule has 4 N–H and O–H groups in total. The summed E-state index contributed by atoms with van der Waals surface area (Å²) in [6.45, 7) is 3.01. The highest BCUT2D eigenvalue weighted by molar-refractivity contribution is 5.16. The van der Waals surface area contributed by atoms with Gasteiger partial charge in [-0.3, -0.25) is 0 Å². The number of nitrogens with one attached hydrogen (secondary N) is 1. The molecule has 5 nitrogen and oxygen atoms in total. The number of aliphatic hydroxyl groups is 1. The van der Waals surface area contributed by atoms with Crippen molar-refractivity contribution in [2.75, 3.05) is 13.1 Å². The maximum atomic E-state index is 10.00. The van der Waals surface area contributed by atoms with Crippen LogP contribution in [0.1, 0.15) is 17.6 Å². The zero-order chi connectivity index (χ0) is 10.3. The summed E-state index contributed by atoms with van der Waals surface area (Å²) in [7, 11) is 1.92. The lowest BCUT2D eigenvalue weighted by Crippen LogP contribution is -2.64. The molecule has 1 aliphatic heterocycles. The van der Waals surface area contributed by atoms with Crippen LogP contribution in [0.4, 0.5) is 0 Å². The number of hydrogen-bond acceptors (Lipinski definition) is 4. The summed E-state index contributed by atoms with van der Waals surface area (Å²) in [5, 5.41) is 13.0. The smallest absolute Gasteiger partial charge is 0.110 e. The molecule has 1 aromatic rings. The maximum Gasteiger partial charge on any atom is 0.110 e. The van der Waals surface area contributed by atoms with Gasteiger partial charge in [0.25, 0.3) is 0 Å². The lowest BCUT2D eigenvalue weighted by atomic mass is 9.87. The van der Waals surface area contributed by atoms with E-state index >= 15 is 0 Å². The molecule has 0 amide bonds. The average Bonchev–Trinajstić information content (AvgIpc) is 2.42. The van der Waals surface area contributed by atoms with E-state index in [1.807, 2.05) is 24.7 Å². The Kier molecular flexibility index (Phi) is 2.10. The third-order valence-corrected chi connectivity index (χ3v) is 2.89. The van der Waals surface area contributed by atoms with Gasteiger partial charge in [-0.25, -0.2) is 4.98 Å².